The monoisotopic (exact) mass is 660 g/mol. The summed E-state index contributed by atoms with van der Waals surface area (Å²) in [5.74, 6) is 0.213. The first-order valence-corrected chi connectivity index (χ1v) is 17.0. The van der Waals surface area contributed by atoms with E-state index in [9.17, 15) is 18.0 Å². The molecule has 12 heteroatoms. The van der Waals surface area contributed by atoms with Crippen LogP contribution in [-0.2, 0) is 37.3 Å². The van der Waals surface area contributed by atoms with Gasteiger partial charge in [0.2, 0.25) is 10.0 Å². The van der Waals surface area contributed by atoms with E-state index in [-0.39, 0.29) is 30.7 Å². The number of nitrogens with zero attached hydrogens (tertiary/aromatic N) is 4. The Balaban J connectivity index is 1.39. The second-order valence-corrected chi connectivity index (χ2v) is 13.2. The highest BCUT2D eigenvalue weighted by Crippen LogP contribution is 2.28. The van der Waals surface area contributed by atoms with Crippen molar-refractivity contribution in [2.24, 2.45) is 0 Å². The molecular formula is C35H40N4O7S. The number of carbonyl (C=O) groups is 2. The number of piperazine rings is 1. The fourth-order valence-corrected chi connectivity index (χ4v) is 7.55. The minimum atomic E-state index is -4.09. The number of sulfonamides is 1. The first kappa shape index (κ1) is 33.8. The SMILES string of the molecule is COc1ccc(CC(CN2CCN(C(=O)OCc3ccccc3)CC2)N(CCOC(C)=O)S(=O)(=O)c2cccc3cnccc23)cc1. The Morgan fingerprint density at radius 3 is 2.34 bits per heavy atom. The van der Waals surface area contributed by atoms with Crippen LogP contribution in [0.5, 0.6) is 5.75 Å². The summed E-state index contributed by atoms with van der Waals surface area (Å²) >= 11 is 0. The number of pyridine rings is 1. The van der Waals surface area contributed by atoms with Gasteiger partial charge < -0.3 is 19.1 Å². The first-order valence-electron chi connectivity index (χ1n) is 15.5. The molecule has 1 fully saturated rings. The van der Waals surface area contributed by atoms with Crippen LogP contribution in [0.25, 0.3) is 10.8 Å². The maximum atomic E-state index is 14.6. The van der Waals surface area contributed by atoms with Crippen LogP contribution in [-0.4, -0.2) is 98.6 Å². The molecule has 1 aromatic heterocycles. The van der Waals surface area contributed by atoms with Gasteiger partial charge in [-0.05, 0) is 41.8 Å². The van der Waals surface area contributed by atoms with Crippen LogP contribution in [0.15, 0.2) is 96.2 Å². The predicted molar refractivity (Wildman–Crippen MR) is 177 cm³/mol. The van der Waals surface area contributed by atoms with Crippen LogP contribution >= 0.6 is 0 Å². The summed E-state index contributed by atoms with van der Waals surface area (Å²) in [7, 11) is -2.49. The van der Waals surface area contributed by atoms with Crippen molar-refractivity contribution >= 4 is 32.9 Å². The Labute approximate surface area is 275 Å². The van der Waals surface area contributed by atoms with E-state index in [1.807, 2.05) is 60.7 Å². The highest BCUT2D eigenvalue weighted by molar-refractivity contribution is 7.89. The van der Waals surface area contributed by atoms with Crippen molar-refractivity contribution in [3.05, 3.63) is 102 Å². The van der Waals surface area contributed by atoms with Gasteiger partial charge >= 0.3 is 12.1 Å². The highest BCUT2D eigenvalue weighted by atomic mass is 32.2. The zero-order valence-electron chi connectivity index (χ0n) is 26.7. The molecule has 47 heavy (non-hydrogen) atoms. The molecule has 2 heterocycles. The molecule has 1 saturated heterocycles. The third-order valence-corrected chi connectivity index (χ3v) is 10.2. The van der Waals surface area contributed by atoms with Crippen LogP contribution < -0.4 is 4.74 Å². The summed E-state index contributed by atoms with van der Waals surface area (Å²) in [5, 5.41) is 1.27. The van der Waals surface area contributed by atoms with Gasteiger partial charge in [0.25, 0.3) is 0 Å². The van der Waals surface area contributed by atoms with Crippen molar-refractivity contribution in [2.75, 3.05) is 53.0 Å². The third-order valence-electron chi connectivity index (χ3n) is 8.19. The summed E-state index contributed by atoms with van der Waals surface area (Å²) < 4.78 is 46.8. The van der Waals surface area contributed by atoms with Crippen molar-refractivity contribution in [3.63, 3.8) is 0 Å². The molecule has 1 unspecified atom stereocenters. The zero-order chi connectivity index (χ0) is 33.2. The summed E-state index contributed by atoms with van der Waals surface area (Å²) in [4.78, 5) is 32.7. The number of ether oxygens (including phenoxy) is 3. The van der Waals surface area contributed by atoms with Crippen molar-refractivity contribution in [1.82, 2.24) is 19.1 Å². The number of hydrogen-bond donors (Lipinski definition) is 0. The lowest BCUT2D eigenvalue weighted by Crippen LogP contribution is -2.54. The average molecular weight is 661 g/mol. The third kappa shape index (κ3) is 8.85. The fraction of sp³-hybridized carbons (Fsp3) is 0.343. The van der Waals surface area contributed by atoms with E-state index in [4.69, 9.17) is 14.2 Å². The van der Waals surface area contributed by atoms with Gasteiger partial charge in [0.15, 0.2) is 0 Å². The Hall–Kier alpha value is -4.52. The fourth-order valence-electron chi connectivity index (χ4n) is 5.74. The van der Waals surface area contributed by atoms with Crippen LogP contribution in [0.3, 0.4) is 0 Å². The lowest BCUT2D eigenvalue weighted by Gasteiger charge is -2.39. The van der Waals surface area contributed by atoms with Gasteiger partial charge in [0, 0.05) is 75.4 Å². The molecule has 0 N–H and O–H groups in total. The molecule has 0 saturated carbocycles. The number of hydrogen-bond acceptors (Lipinski definition) is 9. The summed E-state index contributed by atoms with van der Waals surface area (Å²) in [5.41, 5.74) is 1.84. The normalized spacial score (nSPS) is 14.6. The largest absolute Gasteiger partial charge is 0.497 e. The number of carbonyl (C=O) groups excluding carboxylic acids is 2. The van der Waals surface area contributed by atoms with Crippen molar-refractivity contribution in [1.29, 1.82) is 0 Å². The van der Waals surface area contributed by atoms with Crippen LogP contribution in [0.1, 0.15) is 18.1 Å². The van der Waals surface area contributed by atoms with Crippen molar-refractivity contribution < 1.29 is 32.2 Å². The molecule has 0 bridgehead atoms. The van der Waals surface area contributed by atoms with Gasteiger partial charge in [-0.1, -0.05) is 54.6 Å². The smallest absolute Gasteiger partial charge is 0.410 e. The standard InChI is InChI=1S/C35H40N4O7S/c1-27(40)45-22-21-39(47(42,43)34-10-6-9-30-24-36-16-15-33(30)34)31(23-28-11-13-32(44-2)14-12-28)25-37-17-19-38(20-18-37)35(41)46-26-29-7-4-3-5-8-29/h3-16,24,31H,17-23,25-26H2,1-2H3. The Morgan fingerprint density at radius 2 is 1.64 bits per heavy atom. The van der Waals surface area contributed by atoms with Gasteiger partial charge in [-0.3, -0.25) is 14.7 Å². The van der Waals surface area contributed by atoms with E-state index >= 15 is 0 Å². The maximum Gasteiger partial charge on any atom is 0.410 e. The molecule has 1 atom stereocenters. The highest BCUT2D eigenvalue weighted by Gasteiger charge is 2.35. The van der Waals surface area contributed by atoms with Gasteiger partial charge in [0.05, 0.1) is 12.0 Å². The Morgan fingerprint density at radius 1 is 0.894 bits per heavy atom. The molecule has 1 aliphatic heterocycles. The topological polar surface area (TPSA) is 119 Å². The number of amides is 1. The molecular weight excluding hydrogens is 620 g/mol. The molecule has 0 spiro atoms. The van der Waals surface area contributed by atoms with E-state index in [0.717, 1.165) is 11.1 Å². The molecule has 0 radical (unpaired) electrons. The number of esters is 1. The van der Waals surface area contributed by atoms with Gasteiger partial charge in [0.1, 0.15) is 19.0 Å². The quantitative estimate of drug-likeness (QED) is 0.193. The first-order chi connectivity index (χ1) is 22.7. The minimum Gasteiger partial charge on any atom is -0.497 e. The Bertz CT molecular complexity index is 1740. The zero-order valence-corrected chi connectivity index (χ0v) is 27.5. The Kier molecular flexibility index (Phi) is 11.4. The van der Waals surface area contributed by atoms with Crippen LogP contribution in [0.4, 0.5) is 4.79 Å². The van der Waals surface area contributed by atoms with Crippen LogP contribution in [0, 0.1) is 0 Å². The lowest BCUT2D eigenvalue weighted by molar-refractivity contribution is -0.141. The number of benzene rings is 3. The number of rotatable bonds is 13. The number of fused-ring (bicyclic) bond motifs is 1. The van der Waals surface area contributed by atoms with E-state index in [1.54, 1.807) is 42.6 Å². The summed E-state index contributed by atoms with van der Waals surface area (Å²) in [6.45, 7) is 3.73. The summed E-state index contributed by atoms with van der Waals surface area (Å²) in [6, 6.07) is 23.4. The van der Waals surface area contributed by atoms with Gasteiger partial charge in [-0.2, -0.15) is 4.31 Å². The molecule has 5 rings (SSSR count). The molecule has 1 aliphatic rings. The number of methoxy groups -OCH3 is 1. The average Bonchev–Trinajstić information content (AvgIpc) is 3.09. The molecule has 4 aromatic rings. The molecule has 1 amide bonds. The minimum absolute atomic E-state index is 0.0318. The molecule has 248 valence electrons. The van der Waals surface area contributed by atoms with Gasteiger partial charge in [-0.25, -0.2) is 13.2 Å². The van der Waals surface area contributed by atoms with Gasteiger partial charge in [-0.15, -0.1) is 0 Å². The lowest BCUT2D eigenvalue weighted by atomic mass is 10.0. The van der Waals surface area contributed by atoms with E-state index < -0.39 is 22.0 Å². The number of aromatic nitrogens is 1. The summed E-state index contributed by atoms with van der Waals surface area (Å²) in [6.07, 6.45) is 3.23. The second kappa shape index (κ2) is 15.9. The van der Waals surface area contributed by atoms with E-state index in [1.165, 1.54) is 11.2 Å². The predicted octanol–water partition coefficient (Wildman–Crippen LogP) is 4.36. The van der Waals surface area contributed by atoms with Crippen molar-refractivity contribution in [3.8, 4) is 5.75 Å². The maximum absolute atomic E-state index is 14.6. The van der Waals surface area contributed by atoms with E-state index in [0.29, 0.717) is 55.7 Å². The van der Waals surface area contributed by atoms with Crippen LogP contribution in [0.2, 0.25) is 0 Å². The van der Waals surface area contributed by atoms with E-state index in [2.05, 4.69) is 9.88 Å². The second-order valence-electron chi connectivity index (χ2n) is 11.3. The molecule has 0 aliphatic carbocycles. The molecule has 3 aromatic carbocycles. The molecule has 11 nitrogen and oxygen atoms in total. The van der Waals surface area contributed by atoms with Crippen molar-refractivity contribution in [2.45, 2.75) is 30.9 Å².